The Morgan fingerprint density at radius 3 is 2.23 bits per heavy atom. The molecule has 0 aromatic rings. The summed E-state index contributed by atoms with van der Waals surface area (Å²) >= 11 is 0. The number of Topliss-reactive ketones (excluding diaryl/α,β-unsaturated/α-hetero) is 1. The van der Waals surface area contributed by atoms with Crippen molar-refractivity contribution in [1.29, 1.82) is 0 Å². The molecule has 1 atom stereocenters. The fourth-order valence-corrected chi connectivity index (χ4v) is 0.484. The topological polar surface area (TPSA) is 69.4 Å². The molecule has 1 unspecified atom stereocenters. The predicted molar refractivity (Wildman–Crippen MR) is 42.9 cm³/mol. The molecule has 0 spiro atoms. The summed E-state index contributed by atoms with van der Waals surface area (Å²) in [7, 11) is 0. The van der Waals surface area contributed by atoms with Crippen LogP contribution in [0.1, 0.15) is 6.92 Å². The smallest absolute Gasteiger partial charge is 0.330 e. The number of esters is 1. The molecule has 0 fully saturated rings. The third-order valence-electron chi connectivity index (χ3n) is 1.06. The highest BCUT2D eigenvalue weighted by Gasteiger charge is 2.30. The number of alkyl halides is 2. The molecule has 0 aliphatic carbocycles. The minimum Gasteiger partial charge on any atom is -0.464 e. The minimum absolute atomic E-state index is 0. The molecule has 0 aromatic carbocycles. The van der Waals surface area contributed by atoms with Crippen LogP contribution in [0, 0.1) is 0 Å². The molecule has 0 heterocycles. The van der Waals surface area contributed by atoms with Gasteiger partial charge in [0, 0.05) is 0 Å². The number of hydrogen-bond donors (Lipinski definition) is 1. The molecule has 0 aliphatic rings. The Balaban J connectivity index is 0. The molecule has 0 saturated heterocycles. The van der Waals surface area contributed by atoms with Crippen LogP contribution < -0.4 is 5.73 Å². The minimum atomic E-state index is -3.23. The van der Waals surface area contributed by atoms with Gasteiger partial charge >= 0.3 is 5.97 Å². The highest BCUT2D eigenvalue weighted by molar-refractivity contribution is 6.04. The van der Waals surface area contributed by atoms with E-state index in [9.17, 15) is 18.4 Å². The van der Waals surface area contributed by atoms with Gasteiger partial charge in [0.25, 0.3) is 6.43 Å². The van der Waals surface area contributed by atoms with E-state index in [0.29, 0.717) is 0 Å². The van der Waals surface area contributed by atoms with Gasteiger partial charge in [-0.1, -0.05) is 0 Å². The molecule has 0 aromatic heterocycles. The molecule has 0 aliphatic heterocycles. The van der Waals surface area contributed by atoms with Gasteiger partial charge in [-0.15, -0.1) is 12.4 Å². The Labute approximate surface area is 79.8 Å². The third kappa shape index (κ3) is 4.74. The average molecular weight is 218 g/mol. The lowest BCUT2D eigenvalue weighted by molar-refractivity contribution is -0.150. The fraction of sp³-hybridized carbons (Fsp3) is 0.667. The number of hydrogen-bond acceptors (Lipinski definition) is 4. The summed E-state index contributed by atoms with van der Waals surface area (Å²) in [5.74, 6) is -2.74. The summed E-state index contributed by atoms with van der Waals surface area (Å²) < 4.78 is 27.5. The largest absolute Gasteiger partial charge is 0.464 e. The van der Waals surface area contributed by atoms with Gasteiger partial charge in [0.15, 0.2) is 6.04 Å². The zero-order valence-electron chi connectivity index (χ0n) is 6.83. The van der Waals surface area contributed by atoms with Crippen LogP contribution >= 0.6 is 12.4 Å². The van der Waals surface area contributed by atoms with Gasteiger partial charge in [-0.05, 0) is 6.92 Å². The summed E-state index contributed by atoms with van der Waals surface area (Å²) in [6.45, 7) is 1.49. The molecule has 0 amide bonds. The van der Waals surface area contributed by atoms with Gasteiger partial charge in [-0.3, -0.25) is 4.79 Å². The number of halogens is 3. The van der Waals surface area contributed by atoms with E-state index in [4.69, 9.17) is 5.73 Å². The summed E-state index contributed by atoms with van der Waals surface area (Å²) in [4.78, 5) is 21.0. The summed E-state index contributed by atoms with van der Waals surface area (Å²) in [6.07, 6.45) is -3.23. The fourth-order valence-electron chi connectivity index (χ4n) is 0.484. The molecule has 13 heavy (non-hydrogen) atoms. The third-order valence-corrected chi connectivity index (χ3v) is 1.06. The number of ketones is 1. The maximum Gasteiger partial charge on any atom is 0.330 e. The van der Waals surface area contributed by atoms with Crippen molar-refractivity contribution in [2.24, 2.45) is 5.73 Å². The molecule has 4 nitrogen and oxygen atoms in total. The van der Waals surface area contributed by atoms with E-state index < -0.39 is 24.2 Å². The van der Waals surface area contributed by atoms with E-state index in [1.54, 1.807) is 0 Å². The number of rotatable bonds is 4. The van der Waals surface area contributed by atoms with Crippen LogP contribution in [0.2, 0.25) is 0 Å². The second-order valence-electron chi connectivity index (χ2n) is 1.93. The molecule has 0 rings (SSSR count). The maximum atomic E-state index is 11.6. The highest BCUT2D eigenvalue weighted by Crippen LogP contribution is 1.98. The Morgan fingerprint density at radius 2 is 1.92 bits per heavy atom. The molecular formula is C6H10ClF2NO3. The van der Waals surface area contributed by atoms with Crippen molar-refractivity contribution in [3.63, 3.8) is 0 Å². The quantitative estimate of drug-likeness (QED) is 0.537. The lowest BCUT2D eigenvalue weighted by atomic mass is 10.2. The standard InChI is InChI=1S/C6H9F2NO3.ClH/c1-2-12-6(11)3(9)4(10)5(7)8;/h3,5H,2,9H2,1H3;1H. The van der Waals surface area contributed by atoms with E-state index in [1.807, 2.05) is 0 Å². The molecule has 2 N–H and O–H groups in total. The molecule has 7 heteroatoms. The van der Waals surface area contributed by atoms with E-state index >= 15 is 0 Å². The van der Waals surface area contributed by atoms with Crippen molar-refractivity contribution in [1.82, 2.24) is 0 Å². The summed E-state index contributed by atoms with van der Waals surface area (Å²) in [5.41, 5.74) is 4.84. The van der Waals surface area contributed by atoms with Gasteiger partial charge in [-0.2, -0.15) is 0 Å². The first kappa shape index (κ1) is 14.8. The lowest BCUT2D eigenvalue weighted by Gasteiger charge is -2.07. The van der Waals surface area contributed by atoms with Gasteiger partial charge in [-0.25, -0.2) is 13.6 Å². The van der Waals surface area contributed by atoms with Crippen molar-refractivity contribution >= 4 is 24.2 Å². The molecule has 0 radical (unpaired) electrons. The zero-order valence-corrected chi connectivity index (χ0v) is 7.64. The van der Waals surface area contributed by atoms with Crippen LogP contribution in [0.5, 0.6) is 0 Å². The Bertz CT molecular complexity index is 189. The number of ether oxygens (including phenoxy) is 1. The van der Waals surface area contributed by atoms with Crippen LogP contribution in [0.15, 0.2) is 0 Å². The molecular weight excluding hydrogens is 208 g/mol. The van der Waals surface area contributed by atoms with Crippen molar-refractivity contribution in [3.8, 4) is 0 Å². The van der Waals surface area contributed by atoms with Crippen molar-refractivity contribution < 1.29 is 23.1 Å². The van der Waals surface area contributed by atoms with Crippen LogP contribution in [0.25, 0.3) is 0 Å². The van der Waals surface area contributed by atoms with Gasteiger partial charge in [0.2, 0.25) is 5.78 Å². The van der Waals surface area contributed by atoms with E-state index in [-0.39, 0.29) is 19.0 Å². The average Bonchev–Trinajstić information content (AvgIpc) is 2.02. The number of carbonyl (C=O) groups is 2. The first-order valence-electron chi connectivity index (χ1n) is 3.24. The van der Waals surface area contributed by atoms with Crippen LogP contribution in [-0.4, -0.2) is 30.8 Å². The predicted octanol–water partition coefficient (Wildman–Crippen LogP) is 0.133. The van der Waals surface area contributed by atoms with Gasteiger partial charge < -0.3 is 10.5 Å². The number of nitrogens with two attached hydrogens (primary N) is 1. The first-order valence-corrected chi connectivity index (χ1v) is 3.24. The van der Waals surface area contributed by atoms with Crippen LogP contribution in [-0.2, 0) is 14.3 Å². The molecule has 0 bridgehead atoms. The van der Waals surface area contributed by atoms with Gasteiger partial charge in [0.1, 0.15) is 0 Å². The Kier molecular flexibility index (Phi) is 7.64. The van der Waals surface area contributed by atoms with E-state index in [0.717, 1.165) is 0 Å². The molecule has 0 saturated carbocycles. The normalized spacial score (nSPS) is 11.8. The van der Waals surface area contributed by atoms with E-state index in [2.05, 4.69) is 4.74 Å². The van der Waals surface area contributed by atoms with Crippen molar-refractivity contribution in [2.75, 3.05) is 6.61 Å². The highest BCUT2D eigenvalue weighted by atomic mass is 35.5. The monoisotopic (exact) mass is 217 g/mol. The lowest BCUT2D eigenvalue weighted by Crippen LogP contribution is -2.43. The second kappa shape index (κ2) is 6.73. The van der Waals surface area contributed by atoms with Crippen LogP contribution in [0.3, 0.4) is 0 Å². The molecule has 78 valence electrons. The number of carbonyl (C=O) groups excluding carboxylic acids is 2. The summed E-state index contributed by atoms with van der Waals surface area (Å²) in [6, 6.07) is -1.87. The van der Waals surface area contributed by atoms with Gasteiger partial charge in [0.05, 0.1) is 6.61 Å². The Morgan fingerprint density at radius 1 is 1.46 bits per heavy atom. The van der Waals surface area contributed by atoms with Crippen molar-refractivity contribution in [3.05, 3.63) is 0 Å². The second-order valence-corrected chi connectivity index (χ2v) is 1.93. The SMILES string of the molecule is CCOC(=O)C(N)C(=O)C(F)F.Cl. The van der Waals surface area contributed by atoms with E-state index in [1.165, 1.54) is 6.92 Å². The van der Waals surface area contributed by atoms with Crippen LogP contribution in [0.4, 0.5) is 8.78 Å². The first-order chi connectivity index (χ1) is 5.50. The Hall–Kier alpha value is -0.750. The zero-order chi connectivity index (χ0) is 9.72. The van der Waals surface area contributed by atoms with Crippen molar-refractivity contribution in [2.45, 2.75) is 19.4 Å². The summed E-state index contributed by atoms with van der Waals surface area (Å²) in [5, 5.41) is 0. The maximum absolute atomic E-state index is 11.6.